The van der Waals surface area contributed by atoms with Gasteiger partial charge in [0.25, 0.3) is 0 Å². The van der Waals surface area contributed by atoms with E-state index in [1.807, 2.05) is 6.92 Å². The fourth-order valence-electron chi connectivity index (χ4n) is 6.17. The Hall–Kier alpha value is -0.416. The van der Waals surface area contributed by atoms with Crippen LogP contribution < -0.4 is 5.32 Å². The summed E-state index contributed by atoms with van der Waals surface area (Å²) in [6.45, 7) is 18.3. The van der Waals surface area contributed by atoms with Crippen LogP contribution in [0.4, 0.5) is 0 Å². The number of ether oxygens (including phenoxy) is 2. The van der Waals surface area contributed by atoms with Crippen molar-refractivity contribution in [3.05, 3.63) is 0 Å². The lowest BCUT2D eigenvalue weighted by molar-refractivity contribution is -0.281. The summed E-state index contributed by atoms with van der Waals surface area (Å²) in [7, 11) is -6.23. The Bertz CT molecular complexity index is 772. The van der Waals surface area contributed by atoms with Gasteiger partial charge in [-0.2, -0.15) is 0 Å². The van der Waals surface area contributed by atoms with Crippen LogP contribution in [0.2, 0.25) is 22.2 Å². The molecule has 2 saturated heterocycles. The number of amides is 1. The Labute approximate surface area is 217 Å². The second-order valence-electron chi connectivity index (χ2n) is 11.8. The van der Waals surface area contributed by atoms with Crippen LogP contribution in [0.5, 0.6) is 0 Å². The van der Waals surface area contributed by atoms with Gasteiger partial charge in [0.2, 0.25) is 5.91 Å². The van der Waals surface area contributed by atoms with Gasteiger partial charge in [0, 0.05) is 6.61 Å². The maximum absolute atomic E-state index is 12.2. The Morgan fingerprint density at radius 3 is 1.81 bits per heavy atom. The van der Waals surface area contributed by atoms with E-state index in [1.54, 1.807) is 0 Å². The number of aliphatic hydroxyl groups excluding tert-OH is 2. The van der Waals surface area contributed by atoms with Gasteiger partial charge in [-0.3, -0.25) is 4.79 Å². The number of β-lactam (4-membered cyclic amide) rings is 1. The summed E-state index contributed by atoms with van der Waals surface area (Å²) in [4.78, 5) is 12.2. The third-order valence-electron chi connectivity index (χ3n) is 8.30. The van der Waals surface area contributed by atoms with Crippen molar-refractivity contribution in [3.8, 4) is 0 Å². The van der Waals surface area contributed by atoms with Crippen LogP contribution in [0, 0.1) is 0 Å². The number of carbonyl (C=O) groups excluding carboxylic acids is 1. The zero-order chi connectivity index (χ0) is 27.3. The van der Waals surface area contributed by atoms with Crippen LogP contribution in [0.1, 0.15) is 68.7 Å². The molecule has 1 amide bonds. The molecule has 12 heteroatoms. The molecule has 210 valence electrons. The van der Waals surface area contributed by atoms with E-state index in [1.165, 1.54) is 0 Å². The fraction of sp³-hybridized carbons (Fsp3) is 0.958. The second-order valence-corrected chi connectivity index (χ2v) is 20.6. The molecule has 3 rings (SSSR count). The molecule has 1 saturated carbocycles. The summed E-state index contributed by atoms with van der Waals surface area (Å²) in [5.74, 6) is -0.260. The van der Waals surface area contributed by atoms with Crippen molar-refractivity contribution in [1.82, 2.24) is 5.32 Å². The van der Waals surface area contributed by atoms with Crippen molar-refractivity contribution >= 4 is 23.0 Å². The van der Waals surface area contributed by atoms with E-state index in [-0.39, 0.29) is 47.9 Å². The molecule has 1 spiro atoms. The van der Waals surface area contributed by atoms with Crippen LogP contribution in [0.25, 0.3) is 0 Å². The third kappa shape index (κ3) is 4.54. The number of nitrogens with one attached hydrogen (secondary N) is 1. The summed E-state index contributed by atoms with van der Waals surface area (Å²) in [6, 6.07) is 0. The third-order valence-corrected chi connectivity index (χ3v) is 18.5. The minimum atomic E-state index is -3.14. The number of aliphatic hydroxyl groups is 3. The first-order valence-electron chi connectivity index (χ1n) is 13.2. The number of carbonyl (C=O) groups is 1. The second kappa shape index (κ2) is 10.6. The molecule has 3 fully saturated rings. The Kier molecular flexibility index (Phi) is 8.89. The largest absolute Gasteiger partial charge is 0.414 e. The van der Waals surface area contributed by atoms with Crippen molar-refractivity contribution in [2.45, 2.75) is 126 Å². The average Bonchev–Trinajstić information content (AvgIpc) is 2.95. The lowest BCUT2D eigenvalue weighted by Crippen LogP contribution is -2.86. The summed E-state index contributed by atoms with van der Waals surface area (Å²) in [5, 5.41) is 37.6. The minimum absolute atomic E-state index is 0.00579. The SMILES string of the molecule is CCOCOC[C@]1(O)[C@H](O)[C@H](O)[C@]2(CC(=O)N2)[C@@H]2O[Si](C(C)C)(C(C)C)O[Si](C(C)C)(C(C)C)O[C@@H]21. The monoisotopic (exact) mass is 549 g/mol. The lowest BCUT2D eigenvalue weighted by atomic mass is 9.62. The van der Waals surface area contributed by atoms with Crippen LogP contribution in [-0.2, 0) is 27.2 Å². The van der Waals surface area contributed by atoms with Crippen molar-refractivity contribution in [2.24, 2.45) is 0 Å². The zero-order valence-corrected chi connectivity index (χ0v) is 25.2. The molecule has 0 bridgehead atoms. The van der Waals surface area contributed by atoms with E-state index in [0.29, 0.717) is 6.61 Å². The van der Waals surface area contributed by atoms with Gasteiger partial charge in [0.15, 0.2) is 0 Å². The standard InChI is InChI=1S/C24H47NO9Si2/c1-10-30-13-31-12-24(29)20(28)19(27)23(11-18(26)25-23)21-22(24)33-36(16(6)7,17(8)9)34-35(32-21,14(2)3)15(4)5/h14-17,19-22,27-29H,10-13H2,1-9H3,(H,25,26)/t19-,20+,21+,22-,23+,24-/m0/s1. The number of hydrogen-bond donors (Lipinski definition) is 4. The lowest BCUT2D eigenvalue weighted by Gasteiger charge is -2.61. The van der Waals surface area contributed by atoms with Crippen molar-refractivity contribution in [2.75, 3.05) is 20.0 Å². The molecule has 0 aromatic carbocycles. The van der Waals surface area contributed by atoms with Gasteiger partial charge in [-0.1, -0.05) is 55.4 Å². The summed E-state index contributed by atoms with van der Waals surface area (Å²) >= 11 is 0. The molecule has 4 N–H and O–H groups in total. The smallest absolute Gasteiger partial charge is 0.335 e. The minimum Gasteiger partial charge on any atom is -0.414 e. The summed E-state index contributed by atoms with van der Waals surface area (Å²) in [5.41, 5.74) is -3.32. The Balaban J connectivity index is 2.23. The Morgan fingerprint density at radius 2 is 1.39 bits per heavy atom. The maximum atomic E-state index is 12.2. The fourth-order valence-corrected chi connectivity index (χ4v) is 17.5. The van der Waals surface area contributed by atoms with Crippen LogP contribution >= 0.6 is 0 Å². The summed E-state index contributed by atoms with van der Waals surface area (Å²) < 4.78 is 32.1. The highest BCUT2D eigenvalue weighted by molar-refractivity contribution is 6.84. The van der Waals surface area contributed by atoms with Crippen LogP contribution in [-0.4, -0.2) is 93.9 Å². The topological polar surface area (TPSA) is 136 Å². The first kappa shape index (κ1) is 30.1. The first-order chi connectivity index (χ1) is 16.6. The van der Waals surface area contributed by atoms with Gasteiger partial charge < -0.3 is 43.1 Å². The van der Waals surface area contributed by atoms with Gasteiger partial charge in [0.05, 0.1) is 13.0 Å². The molecule has 0 radical (unpaired) electrons. The van der Waals surface area contributed by atoms with Gasteiger partial charge in [-0.25, -0.2) is 0 Å². The predicted molar refractivity (Wildman–Crippen MR) is 138 cm³/mol. The molecule has 10 nitrogen and oxygen atoms in total. The van der Waals surface area contributed by atoms with E-state index in [2.05, 4.69) is 60.7 Å². The Morgan fingerprint density at radius 1 is 0.917 bits per heavy atom. The highest BCUT2D eigenvalue weighted by Gasteiger charge is 2.75. The quantitative estimate of drug-likeness (QED) is 0.147. The molecule has 0 unspecified atom stereocenters. The van der Waals surface area contributed by atoms with Crippen molar-refractivity contribution < 1.29 is 42.6 Å². The van der Waals surface area contributed by atoms with E-state index < -0.39 is 52.7 Å². The molecule has 1 aliphatic carbocycles. The number of hydrogen-bond acceptors (Lipinski definition) is 9. The molecule has 3 aliphatic rings. The summed E-state index contributed by atoms with van der Waals surface area (Å²) in [6.07, 6.45) is -5.27. The maximum Gasteiger partial charge on any atom is 0.335 e. The molecule has 0 aromatic heterocycles. The molecule has 0 aromatic rings. The van der Waals surface area contributed by atoms with E-state index in [4.69, 9.17) is 22.4 Å². The highest BCUT2D eigenvalue weighted by atomic mass is 28.5. The van der Waals surface area contributed by atoms with Crippen molar-refractivity contribution in [1.29, 1.82) is 0 Å². The zero-order valence-electron chi connectivity index (χ0n) is 23.2. The molecular formula is C24H47NO9Si2. The predicted octanol–water partition coefficient (Wildman–Crippen LogP) is 2.05. The van der Waals surface area contributed by atoms with E-state index >= 15 is 0 Å². The van der Waals surface area contributed by atoms with Gasteiger partial charge in [-0.15, -0.1) is 0 Å². The molecule has 6 atom stereocenters. The highest BCUT2D eigenvalue weighted by Crippen LogP contribution is 2.54. The van der Waals surface area contributed by atoms with E-state index in [9.17, 15) is 20.1 Å². The molecular weight excluding hydrogens is 502 g/mol. The molecule has 2 heterocycles. The number of rotatable bonds is 9. The van der Waals surface area contributed by atoms with Gasteiger partial charge >= 0.3 is 17.1 Å². The molecule has 36 heavy (non-hydrogen) atoms. The van der Waals surface area contributed by atoms with Crippen LogP contribution in [0.3, 0.4) is 0 Å². The number of fused-ring (bicyclic) bond motifs is 2. The first-order valence-corrected chi connectivity index (χ1v) is 17.2. The van der Waals surface area contributed by atoms with Crippen molar-refractivity contribution in [3.63, 3.8) is 0 Å². The van der Waals surface area contributed by atoms with Gasteiger partial charge in [0.1, 0.15) is 42.3 Å². The van der Waals surface area contributed by atoms with Gasteiger partial charge in [-0.05, 0) is 29.1 Å². The molecule has 2 aliphatic heterocycles. The normalized spacial score (nSPS) is 37.8. The van der Waals surface area contributed by atoms with Crippen LogP contribution in [0.15, 0.2) is 0 Å². The van der Waals surface area contributed by atoms with E-state index in [0.717, 1.165) is 0 Å². The average molecular weight is 550 g/mol.